The summed E-state index contributed by atoms with van der Waals surface area (Å²) in [6.07, 6.45) is 2.27. The van der Waals surface area contributed by atoms with Gasteiger partial charge in [0.2, 0.25) is 0 Å². The Kier molecular flexibility index (Phi) is 2.18. The van der Waals surface area contributed by atoms with Crippen molar-refractivity contribution in [3.05, 3.63) is 0 Å². The molecule has 0 radical (unpaired) electrons. The van der Waals surface area contributed by atoms with E-state index in [1.807, 2.05) is 0 Å². The van der Waals surface area contributed by atoms with Crippen molar-refractivity contribution in [2.24, 2.45) is 11.7 Å². The van der Waals surface area contributed by atoms with Crippen molar-refractivity contribution in [1.82, 2.24) is 0 Å². The Morgan fingerprint density at radius 2 is 2.36 bits per heavy atom. The molecule has 2 N–H and O–H groups in total. The van der Waals surface area contributed by atoms with Crippen LogP contribution < -0.4 is 5.73 Å². The third-order valence-corrected chi connectivity index (χ3v) is 2.53. The molecule has 2 atom stereocenters. The molecule has 0 aromatic carbocycles. The Balaban J connectivity index is 2.18. The number of methoxy groups -OCH3 is 1. The van der Waals surface area contributed by atoms with Gasteiger partial charge in [-0.2, -0.15) is 0 Å². The van der Waals surface area contributed by atoms with Crippen LogP contribution in [-0.4, -0.2) is 18.6 Å². The minimum atomic E-state index is -0.158. The molecule has 1 rings (SSSR count). The largest absolute Gasteiger partial charge is 0.469 e. The number of hydrogen-bond donors (Lipinski definition) is 1. The second kappa shape index (κ2) is 2.81. The molecule has 11 heavy (non-hydrogen) atoms. The predicted molar refractivity (Wildman–Crippen MR) is 41.9 cm³/mol. The monoisotopic (exact) mass is 157 g/mol. The van der Waals surface area contributed by atoms with Gasteiger partial charge in [0.25, 0.3) is 0 Å². The maximum Gasteiger partial charge on any atom is 0.305 e. The Morgan fingerprint density at radius 1 is 1.82 bits per heavy atom. The van der Waals surface area contributed by atoms with E-state index in [-0.39, 0.29) is 11.5 Å². The Labute approximate surface area is 66.9 Å². The molecule has 0 aliphatic heterocycles. The van der Waals surface area contributed by atoms with Crippen molar-refractivity contribution in [3.63, 3.8) is 0 Å². The maximum atomic E-state index is 10.7. The van der Waals surface area contributed by atoms with Crippen LogP contribution in [0.25, 0.3) is 0 Å². The molecule has 2 unspecified atom stereocenters. The van der Waals surface area contributed by atoms with Gasteiger partial charge < -0.3 is 10.5 Å². The van der Waals surface area contributed by atoms with Gasteiger partial charge in [0.05, 0.1) is 7.11 Å². The van der Waals surface area contributed by atoms with E-state index in [0.717, 1.165) is 12.8 Å². The lowest BCUT2D eigenvalue weighted by molar-refractivity contribution is -0.140. The van der Waals surface area contributed by atoms with Gasteiger partial charge >= 0.3 is 5.97 Å². The zero-order valence-corrected chi connectivity index (χ0v) is 7.09. The van der Waals surface area contributed by atoms with Crippen LogP contribution in [0.2, 0.25) is 0 Å². The summed E-state index contributed by atoms with van der Waals surface area (Å²) in [5, 5.41) is 0. The molecular weight excluding hydrogens is 142 g/mol. The summed E-state index contributed by atoms with van der Waals surface area (Å²) in [5.74, 6) is 0.418. The molecule has 0 aromatic heterocycles. The van der Waals surface area contributed by atoms with Crippen molar-refractivity contribution >= 4 is 5.97 Å². The molecule has 1 aliphatic carbocycles. The Morgan fingerprint density at radius 3 is 2.73 bits per heavy atom. The van der Waals surface area contributed by atoms with Crippen LogP contribution in [0.1, 0.15) is 26.2 Å². The van der Waals surface area contributed by atoms with E-state index in [4.69, 9.17) is 5.73 Å². The number of hydrogen-bond acceptors (Lipinski definition) is 3. The zero-order valence-electron chi connectivity index (χ0n) is 7.09. The molecule has 0 saturated heterocycles. The first-order chi connectivity index (χ1) is 5.08. The summed E-state index contributed by atoms with van der Waals surface area (Å²) >= 11 is 0. The fourth-order valence-corrected chi connectivity index (χ4v) is 1.30. The zero-order chi connectivity index (χ0) is 8.48. The Hall–Kier alpha value is -0.570. The molecule has 3 nitrogen and oxygen atoms in total. The normalized spacial score (nSPS) is 35.0. The van der Waals surface area contributed by atoms with Gasteiger partial charge in [0.1, 0.15) is 0 Å². The van der Waals surface area contributed by atoms with Crippen LogP contribution in [0.4, 0.5) is 0 Å². The first-order valence-corrected chi connectivity index (χ1v) is 3.94. The smallest absolute Gasteiger partial charge is 0.305 e. The summed E-state index contributed by atoms with van der Waals surface area (Å²) in [5.41, 5.74) is 5.82. The number of ether oxygens (including phenoxy) is 1. The molecule has 64 valence electrons. The quantitative estimate of drug-likeness (QED) is 0.613. The van der Waals surface area contributed by atoms with Gasteiger partial charge in [-0.25, -0.2) is 0 Å². The first-order valence-electron chi connectivity index (χ1n) is 3.94. The fraction of sp³-hybridized carbons (Fsp3) is 0.875. The molecule has 0 bridgehead atoms. The highest BCUT2D eigenvalue weighted by molar-refractivity contribution is 5.69. The summed E-state index contributed by atoms with van der Waals surface area (Å²) < 4.78 is 4.51. The van der Waals surface area contributed by atoms with Crippen molar-refractivity contribution in [2.75, 3.05) is 7.11 Å². The van der Waals surface area contributed by atoms with E-state index in [1.54, 1.807) is 0 Å². The van der Waals surface area contributed by atoms with Gasteiger partial charge in [0, 0.05) is 12.0 Å². The Bertz CT molecular complexity index is 169. The molecular formula is C8H15NO2. The van der Waals surface area contributed by atoms with Crippen LogP contribution in [0.15, 0.2) is 0 Å². The lowest BCUT2D eigenvalue weighted by Crippen LogP contribution is -2.25. The van der Waals surface area contributed by atoms with Crippen LogP contribution in [0, 0.1) is 5.92 Å². The SMILES string of the molecule is COC(=O)CCC1(N)CC1C. The number of rotatable bonds is 3. The second-order valence-corrected chi connectivity index (χ2v) is 3.41. The number of carbonyl (C=O) groups is 1. The predicted octanol–water partition coefficient (Wildman–Crippen LogP) is 0.677. The maximum absolute atomic E-state index is 10.7. The van der Waals surface area contributed by atoms with Gasteiger partial charge in [-0.3, -0.25) is 4.79 Å². The lowest BCUT2D eigenvalue weighted by Gasteiger charge is -2.07. The molecule has 0 heterocycles. The van der Waals surface area contributed by atoms with Crippen LogP contribution >= 0.6 is 0 Å². The summed E-state index contributed by atoms with van der Waals surface area (Å²) in [7, 11) is 1.40. The van der Waals surface area contributed by atoms with Crippen molar-refractivity contribution in [2.45, 2.75) is 31.7 Å². The molecule has 3 heteroatoms. The second-order valence-electron chi connectivity index (χ2n) is 3.41. The molecule has 1 aliphatic rings. The van der Waals surface area contributed by atoms with Crippen LogP contribution in [0.5, 0.6) is 0 Å². The van der Waals surface area contributed by atoms with Gasteiger partial charge in [-0.1, -0.05) is 6.92 Å². The van der Waals surface area contributed by atoms with E-state index in [9.17, 15) is 4.79 Å². The summed E-state index contributed by atoms with van der Waals surface area (Å²) in [6, 6.07) is 0. The molecule has 1 saturated carbocycles. The van der Waals surface area contributed by atoms with Crippen molar-refractivity contribution in [1.29, 1.82) is 0 Å². The topological polar surface area (TPSA) is 52.3 Å². The van der Waals surface area contributed by atoms with E-state index in [1.165, 1.54) is 7.11 Å². The van der Waals surface area contributed by atoms with Crippen molar-refractivity contribution in [3.8, 4) is 0 Å². The first kappa shape index (κ1) is 8.53. The molecule has 0 aromatic rings. The highest BCUT2D eigenvalue weighted by Crippen LogP contribution is 2.43. The van der Waals surface area contributed by atoms with Crippen molar-refractivity contribution < 1.29 is 9.53 Å². The van der Waals surface area contributed by atoms with Crippen LogP contribution in [-0.2, 0) is 9.53 Å². The minimum absolute atomic E-state index is 0.0613. The summed E-state index contributed by atoms with van der Waals surface area (Å²) in [6.45, 7) is 2.11. The van der Waals surface area contributed by atoms with E-state index in [2.05, 4.69) is 11.7 Å². The minimum Gasteiger partial charge on any atom is -0.469 e. The number of nitrogens with two attached hydrogens (primary N) is 1. The van der Waals surface area contributed by atoms with Gasteiger partial charge in [-0.05, 0) is 18.8 Å². The van der Waals surface area contributed by atoms with Gasteiger partial charge in [-0.15, -0.1) is 0 Å². The van der Waals surface area contributed by atoms with Gasteiger partial charge in [0.15, 0.2) is 0 Å². The average molecular weight is 157 g/mol. The highest BCUT2D eigenvalue weighted by Gasteiger charge is 2.47. The third kappa shape index (κ3) is 1.93. The number of esters is 1. The lowest BCUT2D eigenvalue weighted by atomic mass is 10.1. The molecule has 0 amide bonds. The summed E-state index contributed by atoms with van der Waals surface area (Å²) in [4.78, 5) is 10.7. The molecule has 1 fully saturated rings. The average Bonchev–Trinajstić information content (AvgIpc) is 2.56. The molecule has 0 spiro atoms. The van der Waals surface area contributed by atoms with E-state index < -0.39 is 0 Å². The third-order valence-electron chi connectivity index (χ3n) is 2.53. The highest BCUT2D eigenvalue weighted by atomic mass is 16.5. The fourth-order valence-electron chi connectivity index (χ4n) is 1.30. The van der Waals surface area contributed by atoms with Crippen LogP contribution in [0.3, 0.4) is 0 Å². The standard InChI is InChI=1S/C8H15NO2/c1-6-5-8(6,9)4-3-7(10)11-2/h6H,3-5,9H2,1-2H3. The van der Waals surface area contributed by atoms with E-state index >= 15 is 0 Å². The number of carbonyl (C=O) groups excluding carboxylic acids is 1. The van der Waals surface area contributed by atoms with E-state index in [0.29, 0.717) is 12.3 Å².